The maximum atomic E-state index is 13.0. The number of methoxy groups -OCH3 is 1. The molecule has 1 amide bonds. The van der Waals surface area contributed by atoms with Crippen molar-refractivity contribution >= 4 is 23.2 Å². The van der Waals surface area contributed by atoms with Crippen molar-refractivity contribution in [3.8, 4) is 11.4 Å². The van der Waals surface area contributed by atoms with E-state index in [-0.39, 0.29) is 5.91 Å². The van der Waals surface area contributed by atoms with Crippen molar-refractivity contribution in [2.45, 2.75) is 18.8 Å². The maximum absolute atomic E-state index is 13.0. The molecule has 2 aromatic carbocycles. The minimum atomic E-state index is -0.256. The van der Waals surface area contributed by atoms with Crippen molar-refractivity contribution in [1.82, 2.24) is 9.78 Å². The molecule has 1 fully saturated rings. The smallest absolute Gasteiger partial charge is 0.274 e. The number of hydrogen-bond donors (Lipinski definition) is 1. The van der Waals surface area contributed by atoms with Gasteiger partial charge in [-0.05, 0) is 49.2 Å². The Labute approximate surface area is 156 Å². The van der Waals surface area contributed by atoms with Gasteiger partial charge in [0.15, 0.2) is 0 Å². The maximum Gasteiger partial charge on any atom is 0.274 e. The van der Waals surface area contributed by atoms with Crippen LogP contribution in [0.4, 0.5) is 5.69 Å². The number of carbonyl (C=O) groups is 1. The third kappa shape index (κ3) is 3.30. The summed E-state index contributed by atoms with van der Waals surface area (Å²) in [6.07, 6.45) is 2.24. The summed E-state index contributed by atoms with van der Waals surface area (Å²) in [7, 11) is 1.55. The highest BCUT2D eigenvalue weighted by atomic mass is 35.5. The number of anilines is 1. The number of benzene rings is 2. The van der Waals surface area contributed by atoms with Crippen LogP contribution in [0, 0.1) is 0 Å². The van der Waals surface area contributed by atoms with Crippen LogP contribution in [0.1, 0.15) is 34.9 Å². The zero-order chi connectivity index (χ0) is 18.1. The fourth-order valence-electron chi connectivity index (χ4n) is 2.87. The summed E-state index contributed by atoms with van der Waals surface area (Å²) in [5.74, 6) is 0.747. The number of nitrogens with zero attached hydrogens (tertiary/aromatic N) is 2. The summed E-state index contributed by atoms with van der Waals surface area (Å²) in [5, 5.41) is 8.08. The molecule has 5 nitrogen and oxygen atoms in total. The van der Waals surface area contributed by atoms with Gasteiger partial charge >= 0.3 is 0 Å². The van der Waals surface area contributed by atoms with Crippen molar-refractivity contribution in [2.24, 2.45) is 0 Å². The van der Waals surface area contributed by atoms with Crippen molar-refractivity contribution in [2.75, 3.05) is 12.4 Å². The molecule has 1 aliphatic rings. The van der Waals surface area contributed by atoms with E-state index >= 15 is 0 Å². The molecule has 1 saturated carbocycles. The van der Waals surface area contributed by atoms with E-state index in [4.69, 9.17) is 16.3 Å². The fraction of sp³-hybridized carbons (Fsp3) is 0.200. The van der Waals surface area contributed by atoms with E-state index in [2.05, 4.69) is 10.4 Å². The van der Waals surface area contributed by atoms with Crippen LogP contribution in [-0.2, 0) is 0 Å². The molecule has 4 rings (SSSR count). The molecule has 132 valence electrons. The second-order valence-corrected chi connectivity index (χ2v) is 6.71. The minimum absolute atomic E-state index is 0.256. The molecule has 0 bridgehead atoms. The van der Waals surface area contributed by atoms with Crippen molar-refractivity contribution in [3.05, 3.63) is 71.0 Å². The van der Waals surface area contributed by atoms with Crippen LogP contribution in [0.5, 0.6) is 5.75 Å². The summed E-state index contributed by atoms with van der Waals surface area (Å²) in [4.78, 5) is 13.0. The number of nitrogens with one attached hydrogen (secondary N) is 1. The van der Waals surface area contributed by atoms with Gasteiger partial charge in [-0.25, -0.2) is 4.68 Å². The highest BCUT2D eigenvalue weighted by molar-refractivity contribution is 6.31. The number of rotatable bonds is 5. The highest BCUT2D eigenvalue weighted by Gasteiger charge is 2.29. The topological polar surface area (TPSA) is 56.1 Å². The lowest BCUT2D eigenvalue weighted by molar-refractivity contribution is 0.101. The average molecular weight is 368 g/mol. The van der Waals surface area contributed by atoms with E-state index in [1.165, 1.54) is 0 Å². The Morgan fingerprint density at radius 3 is 2.65 bits per heavy atom. The first-order chi connectivity index (χ1) is 12.7. The lowest BCUT2D eigenvalue weighted by Gasteiger charge is -2.11. The Hall–Kier alpha value is -2.79. The van der Waals surface area contributed by atoms with Crippen LogP contribution in [0.2, 0.25) is 5.02 Å². The quantitative estimate of drug-likeness (QED) is 0.713. The molecule has 1 aromatic heterocycles. The predicted octanol–water partition coefficient (Wildman–Crippen LogP) is 4.66. The van der Waals surface area contributed by atoms with E-state index in [0.29, 0.717) is 28.1 Å². The molecule has 0 spiro atoms. The summed E-state index contributed by atoms with van der Waals surface area (Å²) in [5.41, 5.74) is 2.82. The molecule has 0 atom stereocenters. The van der Waals surface area contributed by atoms with E-state index < -0.39 is 0 Å². The first-order valence-corrected chi connectivity index (χ1v) is 8.84. The molecular weight excluding hydrogens is 350 g/mol. The lowest BCUT2D eigenvalue weighted by Crippen LogP contribution is -2.17. The van der Waals surface area contributed by atoms with Gasteiger partial charge in [0.2, 0.25) is 0 Å². The van der Waals surface area contributed by atoms with Gasteiger partial charge in [-0.3, -0.25) is 4.79 Å². The van der Waals surface area contributed by atoms with Crippen LogP contribution >= 0.6 is 11.6 Å². The summed E-state index contributed by atoms with van der Waals surface area (Å²) in [6.45, 7) is 0. The third-order valence-corrected chi connectivity index (χ3v) is 4.60. The van der Waals surface area contributed by atoms with Crippen LogP contribution in [0.25, 0.3) is 5.69 Å². The first-order valence-electron chi connectivity index (χ1n) is 8.46. The van der Waals surface area contributed by atoms with Gasteiger partial charge in [0.1, 0.15) is 11.4 Å². The normalized spacial score (nSPS) is 13.5. The number of aromatic nitrogens is 2. The second kappa shape index (κ2) is 6.84. The molecule has 3 aromatic rings. The van der Waals surface area contributed by atoms with Crippen LogP contribution in [-0.4, -0.2) is 22.8 Å². The molecule has 0 saturated heterocycles. The number of amides is 1. The van der Waals surface area contributed by atoms with Crippen LogP contribution in [0.15, 0.2) is 54.6 Å². The molecule has 0 unspecified atom stereocenters. The van der Waals surface area contributed by atoms with Crippen molar-refractivity contribution in [1.29, 1.82) is 0 Å². The molecule has 0 radical (unpaired) electrons. The summed E-state index contributed by atoms with van der Waals surface area (Å²) >= 11 is 6.06. The van der Waals surface area contributed by atoms with Gasteiger partial charge in [0.05, 0.1) is 24.2 Å². The molecule has 0 aliphatic heterocycles. The van der Waals surface area contributed by atoms with Gasteiger partial charge in [0, 0.05) is 10.9 Å². The van der Waals surface area contributed by atoms with E-state index in [0.717, 1.165) is 24.2 Å². The number of ether oxygens (including phenoxy) is 1. The molecule has 1 aliphatic carbocycles. The van der Waals surface area contributed by atoms with E-state index in [1.807, 2.05) is 36.4 Å². The molecular formula is C20H18ClN3O2. The largest absolute Gasteiger partial charge is 0.495 e. The third-order valence-electron chi connectivity index (χ3n) is 4.37. The molecule has 1 N–H and O–H groups in total. The second-order valence-electron chi connectivity index (χ2n) is 6.27. The van der Waals surface area contributed by atoms with Gasteiger partial charge in [-0.1, -0.05) is 29.8 Å². The number of halogens is 1. The van der Waals surface area contributed by atoms with Crippen molar-refractivity contribution < 1.29 is 9.53 Å². The van der Waals surface area contributed by atoms with E-state index in [9.17, 15) is 4.79 Å². The molecule has 1 heterocycles. The van der Waals surface area contributed by atoms with Gasteiger partial charge in [-0.2, -0.15) is 5.10 Å². The predicted molar refractivity (Wildman–Crippen MR) is 101 cm³/mol. The highest BCUT2D eigenvalue weighted by Crippen LogP contribution is 2.40. The molecule has 6 heteroatoms. The fourth-order valence-corrected chi connectivity index (χ4v) is 3.04. The minimum Gasteiger partial charge on any atom is -0.495 e. The zero-order valence-electron chi connectivity index (χ0n) is 14.3. The Kier molecular flexibility index (Phi) is 4.39. The van der Waals surface area contributed by atoms with Gasteiger partial charge < -0.3 is 10.1 Å². The Bertz CT molecular complexity index is 949. The zero-order valence-corrected chi connectivity index (χ0v) is 15.0. The van der Waals surface area contributed by atoms with Crippen molar-refractivity contribution in [3.63, 3.8) is 0 Å². The SMILES string of the molecule is COc1ccc(Cl)cc1NC(=O)c1cc(C2CC2)nn1-c1ccccc1. The Balaban J connectivity index is 1.71. The number of para-hydroxylation sites is 1. The van der Waals surface area contributed by atoms with E-state index in [1.54, 1.807) is 30.0 Å². The number of hydrogen-bond acceptors (Lipinski definition) is 3. The number of carbonyl (C=O) groups excluding carboxylic acids is 1. The summed E-state index contributed by atoms with van der Waals surface area (Å²) < 4.78 is 7.00. The van der Waals surface area contributed by atoms with Gasteiger partial charge in [0.25, 0.3) is 5.91 Å². The van der Waals surface area contributed by atoms with Crippen LogP contribution < -0.4 is 10.1 Å². The standard InChI is InChI=1S/C20H18ClN3O2/c1-26-19-10-9-14(21)11-17(19)22-20(25)18-12-16(13-7-8-13)23-24(18)15-5-3-2-4-6-15/h2-6,9-13H,7-8H2,1H3,(H,22,25). The van der Waals surface area contributed by atoms with Gasteiger partial charge in [-0.15, -0.1) is 0 Å². The Morgan fingerprint density at radius 1 is 1.19 bits per heavy atom. The lowest BCUT2D eigenvalue weighted by atomic mass is 10.2. The monoisotopic (exact) mass is 367 g/mol. The van der Waals surface area contributed by atoms with Crippen LogP contribution in [0.3, 0.4) is 0 Å². The summed E-state index contributed by atoms with van der Waals surface area (Å²) in [6, 6.07) is 16.6. The Morgan fingerprint density at radius 2 is 1.96 bits per heavy atom. The average Bonchev–Trinajstić information content (AvgIpc) is 3.41. The molecule has 26 heavy (non-hydrogen) atoms. The first kappa shape index (κ1) is 16.7.